The lowest BCUT2D eigenvalue weighted by Gasteiger charge is -2.00. The first-order valence-electron chi connectivity index (χ1n) is 4.42. The van der Waals surface area contributed by atoms with Crippen molar-refractivity contribution in [2.45, 2.75) is 20.0 Å². The van der Waals surface area contributed by atoms with Crippen LogP contribution >= 0.6 is 0 Å². The predicted molar refractivity (Wildman–Crippen MR) is 49.7 cm³/mol. The summed E-state index contributed by atoms with van der Waals surface area (Å²) in [6, 6.07) is 3.53. The minimum Gasteiger partial charge on any atom is -0.304 e. The molecule has 2 nitrogen and oxygen atoms in total. The zero-order valence-electron chi connectivity index (χ0n) is 8.26. The standard InChI is InChI=1S/C10H9F3N2/c1-6-3-4-7(2)15-5-8(10(11,12)13)14-9(6)15/h3-5H,1-2H3. The van der Waals surface area contributed by atoms with Gasteiger partial charge >= 0.3 is 6.18 Å². The number of imidazole rings is 1. The van der Waals surface area contributed by atoms with Gasteiger partial charge in [-0.05, 0) is 25.5 Å². The number of alkyl halides is 3. The molecule has 0 aromatic carbocycles. The first-order chi connectivity index (χ1) is 6.89. The largest absolute Gasteiger partial charge is 0.434 e. The molecule has 0 aliphatic rings. The van der Waals surface area contributed by atoms with Gasteiger partial charge < -0.3 is 4.40 Å². The molecule has 0 N–H and O–H groups in total. The lowest BCUT2D eigenvalue weighted by molar-refractivity contribution is -0.140. The van der Waals surface area contributed by atoms with Crippen molar-refractivity contribution in [2.24, 2.45) is 0 Å². The molecular formula is C10H9F3N2. The summed E-state index contributed by atoms with van der Waals surface area (Å²) in [5, 5.41) is 0. The molecule has 2 aromatic heterocycles. The van der Waals surface area contributed by atoms with Gasteiger partial charge in [-0.2, -0.15) is 13.2 Å². The molecule has 0 saturated heterocycles. The Kier molecular flexibility index (Phi) is 1.99. The summed E-state index contributed by atoms with van der Waals surface area (Å²) in [5.41, 5.74) is 0.983. The molecule has 0 atom stereocenters. The highest BCUT2D eigenvalue weighted by molar-refractivity contribution is 5.49. The number of hydrogen-bond acceptors (Lipinski definition) is 1. The topological polar surface area (TPSA) is 17.3 Å². The molecule has 0 aliphatic carbocycles. The van der Waals surface area contributed by atoms with Gasteiger partial charge in [0.2, 0.25) is 0 Å². The average Bonchev–Trinajstić information content (AvgIpc) is 2.56. The molecule has 2 aromatic rings. The number of aryl methyl sites for hydroxylation is 2. The number of aromatic nitrogens is 2. The van der Waals surface area contributed by atoms with E-state index in [1.165, 1.54) is 4.40 Å². The van der Waals surface area contributed by atoms with Gasteiger partial charge in [-0.25, -0.2) is 4.98 Å². The Morgan fingerprint density at radius 2 is 1.87 bits per heavy atom. The molecule has 0 saturated carbocycles. The normalized spacial score (nSPS) is 12.3. The van der Waals surface area contributed by atoms with Crippen molar-refractivity contribution < 1.29 is 13.2 Å². The quantitative estimate of drug-likeness (QED) is 0.659. The van der Waals surface area contributed by atoms with E-state index < -0.39 is 11.9 Å². The Labute approximate surface area is 84.4 Å². The van der Waals surface area contributed by atoms with Crippen LogP contribution in [0.3, 0.4) is 0 Å². The fourth-order valence-electron chi connectivity index (χ4n) is 1.46. The summed E-state index contributed by atoms with van der Waals surface area (Å²) in [4.78, 5) is 3.58. The molecule has 80 valence electrons. The molecule has 0 bridgehead atoms. The maximum absolute atomic E-state index is 12.4. The Morgan fingerprint density at radius 3 is 2.40 bits per heavy atom. The van der Waals surface area contributed by atoms with Crippen molar-refractivity contribution in [1.29, 1.82) is 0 Å². The molecule has 5 heteroatoms. The van der Waals surface area contributed by atoms with Gasteiger partial charge in [0.05, 0.1) is 0 Å². The molecule has 0 amide bonds. The number of halogens is 3. The van der Waals surface area contributed by atoms with Crippen molar-refractivity contribution in [1.82, 2.24) is 9.38 Å². The highest BCUT2D eigenvalue weighted by atomic mass is 19.4. The lowest BCUT2D eigenvalue weighted by atomic mass is 10.2. The smallest absolute Gasteiger partial charge is 0.304 e. The van der Waals surface area contributed by atoms with Crippen molar-refractivity contribution in [2.75, 3.05) is 0 Å². The average molecular weight is 214 g/mol. The Balaban J connectivity index is 2.76. The molecular weight excluding hydrogens is 205 g/mol. The van der Waals surface area contributed by atoms with E-state index in [-0.39, 0.29) is 0 Å². The van der Waals surface area contributed by atoms with Crippen LogP contribution in [0, 0.1) is 13.8 Å². The highest BCUT2D eigenvalue weighted by Gasteiger charge is 2.34. The van der Waals surface area contributed by atoms with Crippen molar-refractivity contribution in [3.63, 3.8) is 0 Å². The molecule has 15 heavy (non-hydrogen) atoms. The van der Waals surface area contributed by atoms with Crippen LogP contribution in [0.1, 0.15) is 17.0 Å². The zero-order chi connectivity index (χ0) is 11.2. The van der Waals surface area contributed by atoms with Crippen molar-refractivity contribution >= 4 is 5.65 Å². The van der Waals surface area contributed by atoms with Crippen LogP contribution in [0.15, 0.2) is 18.3 Å². The third-order valence-electron chi connectivity index (χ3n) is 2.30. The van der Waals surface area contributed by atoms with Crippen LogP contribution < -0.4 is 0 Å². The van der Waals surface area contributed by atoms with Gasteiger partial charge in [0.15, 0.2) is 5.69 Å². The second-order valence-electron chi connectivity index (χ2n) is 3.48. The molecule has 0 fully saturated rings. The van der Waals surface area contributed by atoms with E-state index >= 15 is 0 Å². The summed E-state index contributed by atoms with van der Waals surface area (Å²) in [7, 11) is 0. The fraction of sp³-hybridized carbons (Fsp3) is 0.300. The van der Waals surface area contributed by atoms with Gasteiger partial charge in [-0.15, -0.1) is 0 Å². The van der Waals surface area contributed by atoms with E-state index in [2.05, 4.69) is 4.98 Å². The summed E-state index contributed by atoms with van der Waals surface area (Å²) < 4.78 is 38.7. The minimum absolute atomic E-state index is 0.363. The monoisotopic (exact) mass is 214 g/mol. The lowest BCUT2D eigenvalue weighted by Crippen LogP contribution is -2.04. The van der Waals surface area contributed by atoms with Crippen molar-refractivity contribution in [3.05, 3.63) is 35.3 Å². The number of rotatable bonds is 0. The SMILES string of the molecule is Cc1ccc(C)n2cc(C(F)(F)F)nc12. The van der Waals surface area contributed by atoms with Crippen LogP contribution in [0.2, 0.25) is 0 Å². The summed E-state index contributed by atoms with van der Waals surface area (Å²) in [5.74, 6) is 0. The van der Waals surface area contributed by atoms with E-state index in [1.807, 2.05) is 0 Å². The number of hydrogen-bond donors (Lipinski definition) is 0. The maximum atomic E-state index is 12.4. The van der Waals surface area contributed by atoms with Crippen LogP contribution in [0.5, 0.6) is 0 Å². The van der Waals surface area contributed by atoms with Gasteiger partial charge in [0, 0.05) is 11.9 Å². The van der Waals surface area contributed by atoms with Crippen LogP contribution in [0.25, 0.3) is 5.65 Å². The zero-order valence-corrected chi connectivity index (χ0v) is 8.26. The minimum atomic E-state index is -4.38. The Bertz CT molecular complexity index is 472. The molecule has 2 rings (SSSR count). The number of pyridine rings is 1. The van der Waals surface area contributed by atoms with Gasteiger partial charge in [0.1, 0.15) is 5.65 Å². The number of fused-ring (bicyclic) bond motifs is 1. The first kappa shape index (κ1) is 10.0. The van der Waals surface area contributed by atoms with E-state index in [9.17, 15) is 13.2 Å². The van der Waals surface area contributed by atoms with Gasteiger partial charge in [-0.3, -0.25) is 0 Å². The van der Waals surface area contributed by atoms with Gasteiger partial charge in [0.25, 0.3) is 0 Å². The molecule has 0 aliphatic heterocycles. The Morgan fingerprint density at radius 1 is 1.20 bits per heavy atom. The molecule has 0 unspecified atom stereocenters. The fourth-order valence-corrected chi connectivity index (χ4v) is 1.46. The second-order valence-corrected chi connectivity index (χ2v) is 3.48. The third-order valence-corrected chi connectivity index (χ3v) is 2.30. The van der Waals surface area contributed by atoms with Gasteiger partial charge in [-0.1, -0.05) is 6.07 Å². The van der Waals surface area contributed by atoms with E-state index in [1.54, 1.807) is 26.0 Å². The summed E-state index contributed by atoms with van der Waals surface area (Å²) >= 11 is 0. The molecule has 0 radical (unpaired) electrons. The molecule has 0 spiro atoms. The first-order valence-corrected chi connectivity index (χ1v) is 4.42. The second kappa shape index (κ2) is 2.98. The maximum Gasteiger partial charge on any atom is 0.434 e. The van der Waals surface area contributed by atoms with E-state index in [0.717, 1.165) is 17.5 Å². The van der Waals surface area contributed by atoms with Crippen LogP contribution in [0.4, 0.5) is 13.2 Å². The summed E-state index contributed by atoms with van der Waals surface area (Å²) in [6.07, 6.45) is -3.36. The van der Waals surface area contributed by atoms with E-state index in [4.69, 9.17) is 0 Å². The van der Waals surface area contributed by atoms with Crippen LogP contribution in [-0.2, 0) is 6.18 Å². The predicted octanol–water partition coefficient (Wildman–Crippen LogP) is 2.97. The Hall–Kier alpha value is -1.52. The number of nitrogens with zero attached hydrogens (tertiary/aromatic N) is 2. The van der Waals surface area contributed by atoms with E-state index in [0.29, 0.717) is 5.65 Å². The van der Waals surface area contributed by atoms with Crippen LogP contribution in [-0.4, -0.2) is 9.38 Å². The molecule has 2 heterocycles. The summed E-state index contributed by atoms with van der Waals surface area (Å²) in [6.45, 7) is 3.48. The highest BCUT2D eigenvalue weighted by Crippen LogP contribution is 2.29. The third kappa shape index (κ3) is 1.58. The van der Waals surface area contributed by atoms with Crippen molar-refractivity contribution in [3.8, 4) is 0 Å².